The Balaban J connectivity index is 1.63. The van der Waals surface area contributed by atoms with E-state index in [0.717, 1.165) is 32.3 Å². The van der Waals surface area contributed by atoms with Crippen LogP contribution in [0.3, 0.4) is 0 Å². The first-order chi connectivity index (χ1) is 8.40. The molecule has 2 fully saturated rings. The van der Waals surface area contributed by atoms with Crippen LogP contribution in [0.2, 0.25) is 0 Å². The Kier molecular flexibility index (Phi) is 5.75. The van der Waals surface area contributed by atoms with Gasteiger partial charge in [0.1, 0.15) is 0 Å². The van der Waals surface area contributed by atoms with Crippen LogP contribution in [0.4, 0.5) is 0 Å². The van der Waals surface area contributed by atoms with E-state index in [-0.39, 0.29) is 0 Å². The zero-order valence-corrected chi connectivity index (χ0v) is 11.3. The average molecular weight is 240 g/mol. The maximum Gasteiger partial charge on any atom is 0.0993 e. The second kappa shape index (κ2) is 7.34. The highest BCUT2D eigenvalue weighted by molar-refractivity contribution is 4.78. The standard InChI is InChI=1S/C14H28N2O/c1-2-8-15-10-14-5-3-4-9-16(14)12-17-11-13-6-7-13/h13-15H,2-12H2,1H3. The van der Waals surface area contributed by atoms with E-state index in [1.54, 1.807) is 0 Å². The molecule has 0 aromatic heterocycles. The fourth-order valence-corrected chi connectivity index (χ4v) is 2.53. The molecule has 0 aromatic rings. The summed E-state index contributed by atoms with van der Waals surface area (Å²) in [5.74, 6) is 0.886. The fraction of sp³-hybridized carbons (Fsp3) is 1.00. The van der Waals surface area contributed by atoms with E-state index in [2.05, 4.69) is 17.1 Å². The first kappa shape index (κ1) is 13.3. The summed E-state index contributed by atoms with van der Waals surface area (Å²) in [6, 6.07) is 0.703. The van der Waals surface area contributed by atoms with Gasteiger partial charge >= 0.3 is 0 Å². The maximum atomic E-state index is 5.83. The average Bonchev–Trinajstić information content (AvgIpc) is 3.15. The predicted molar refractivity (Wildman–Crippen MR) is 71.0 cm³/mol. The van der Waals surface area contributed by atoms with Crippen LogP contribution >= 0.6 is 0 Å². The minimum atomic E-state index is 0.703. The molecule has 1 aliphatic heterocycles. The zero-order valence-electron chi connectivity index (χ0n) is 11.3. The molecule has 1 saturated heterocycles. The van der Waals surface area contributed by atoms with E-state index in [9.17, 15) is 0 Å². The lowest BCUT2D eigenvalue weighted by Crippen LogP contribution is -2.46. The Morgan fingerprint density at radius 2 is 2.12 bits per heavy atom. The van der Waals surface area contributed by atoms with E-state index in [4.69, 9.17) is 4.74 Å². The lowest BCUT2D eigenvalue weighted by molar-refractivity contribution is -0.0129. The molecule has 1 aliphatic carbocycles. The molecule has 3 nitrogen and oxygen atoms in total. The van der Waals surface area contributed by atoms with Crippen LogP contribution in [0.1, 0.15) is 45.4 Å². The summed E-state index contributed by atoms with van der Waals surface area (Å²) in [6.45, 7) is 7.59. The molecule has 2 rings (SSSR count). The van der Waals surface area contributed by atoms with Gasteiger partial charge in [-0.1, -0.05) is 13.3 Å². The van der Waals surface area contributed by atoms with Crippen molar-refractivity contribution in [3.05, 3.63) is 0 Å². The number of nitrogens with zero attached hydrogens (tertiary/aromatic N) is 1. The van der Waals surface area contributed by atoms with Crippen LogP contribution in [0.25, 0.3) is 0 Å². The van der Waals surface area contributed by atoms with E-state index >= 15 is 0 Å². The van der Waals surface area contributed by atoms with Crippen molar-refractivity contribution in [2.45, 2.75) is 51.5 Å². The van der Waals surface area contributed by atoms with Crippen LogP contribution < -0.4 is 5.32 Å². The smallest absolute Gasteiger partial charge is 0.0993 e. The van der Waals surface area contributed by atoms with Gasteiger partial charge in [0, 0.05) is 19.1 Å². The summed E-state index contributed by atoms with van der Waals surface area (Å²) in [4.78, 5) is 2.54. The molecule has 0 radical (unpaired) electrons. The summed E-state index contributed by atoms with van der Waals surface area (Å²) in [5, 5.41) is 3.55. The Morgan fingerprint density at radius 1 is 1.24 bits per heavy atom. The number of hydrogen-bond donors (Lipinski definition) is 1. The Bertz CT molecular complexity index is 206. The predicted octanol–water partition coefficient (Wildman–Crippen LogP) is 2.22. The Labute approximate surface area is 106 Å². The molecule has 0 spiro atoms. The molecule has 17 heavy (non-hydrogen) atoms. The van der Waals surface area contributed by atoms with Crippen molar-refractivity contribution in [3.63, 3.8) is 0 Å². The number of rotatable bonds is 8. The normalized spacial score (nSPS) is 26.3. The van der Waals surface area contributed by atoms with Gasteiger partial charge in [0.2, 0.25) is 0 Å². The molecule has 0 amide bonds. The number of nitrogens with one attached hydrogen (secondary N) is 1. The Hall–Kier alpha value is -0.120. The molecule has 1 N–H and O–H groups in total. The molecule has 1 atom stereocenters. The summed E-state index contributed by atoms with van der Waals surface area (Å²) in [6.07, 6.45) is 8.08. The molecule has 100 valence electrons. The van der Waals surface area contributed by atoms with Crippen LogP contribution in [-0.2, 0) is 4.74 Å². The summed E-state index contributed by atoms with van der Waals surface area (Å²) in [7, 11) is 0. The highest BCUT2D eigenvalue weighted by atomic mass is 16.5. The second-order valence-electron chi connectivity index (χ2n) is 5.61. The third kappa shape index (κ3) is 4.94. The van der Waals surface area contributed by atoms with Gasteiger partial charge in [-0.05, 0) is 44.6 Å². The first-order valence-corrected chi connectivity index (χ1v) is 7.42. The third-order valence-corrected chi connectivity index (χ3v) is 3.86. The number of likely N-dealkylation sites (tertiary alicyclic amines) is 1. The highest BCUT2D eigenvalue weighted by Crippen LogP contribution is 2.29. The zero-order chi connectivity index (χ0) is 11.9. The van der Waals surface area contributed by atoms with Crippen molar-refractivity contribution in [1.82, 2.24) is 10.2 Å². The van der Waals surface area contributed by atoms with Crippen molar-refractivity contribution in [3.8, 4) is 0 Å². The van der Waals surface area contributed by atoms with E-state index in [1.807, 2.05) is 0 Å². The van der Waals surface area contributed by atoms with E-state index in [0.29, 0.717) is 6.04 Å². The van der Waals surface area contributed by atoms with Crippen LogP contribution in [0.15, 0.2) is 0 Å². The molecule has 1 heterocycles. The molecule has 0 aromatic carbocycles. The molecule has 0 bridgehead atoms. The van der Waals surface area contributed by atoms with E-state index < -0.39 is 0 Å². The third-order valence-electron chi connectivity index (χ3n) is 3.86. The largest absolute Gasteiger partial charge is 0.366 e. The summed E-state index contributed by atoms with van der Waals surface area (Å²) < 4.78 is 5.83. The van der Waals surface area contributed by atoms with Crippen molar-refractivity contribution >= 4 is 0 Å². The Morgan fingerprint density at radius 3 is 2.88 bits per heavy atom. The fourth-order valence-electron chi connectivity index (χ4n) is 2.53. The topological polar surface area (TPSA) is 24.5 Å². The molecule has 3 heteroatoms. The lowest BCUT2D eigenvalue weighted by atomic mass is 10.0. The molecule has 1 unspecified atom stereocenters. The summed E-state index contributed by atoms with van der Waals surface area (Å²) >= 11 is 0. The maximum absolute atomic E-state index is 5.83. The van der Waals surface area contributed by atoms with Gasteiger partial charge in [-0.3, -0.25) is 4.90 Å². The lowest BCUT2D eigenvalue weighted by Gasteiger charge is -2.35. The van der Waals surface area contributed by atoms with Crippen molar-refractivity contribution in [2.24, 2.45) is 5.92 Å². The highest BCUT2D eigenvalue weighted by Gasteiger charge is 2.24. The number of hydrogen-bond acceptors (Lipinski definition) is 3. The van der Waals surface area contributed by atoms with Gasteiger partial charge in [-0.2, -0.15) is 0 Å². The van der Waals surface area contributed by atoms with Gasteiger partial charge in [0.15, 0.2) is 0 Å². The van der Waals surface area contributed by atoms with E-state index in [1.165, 1.54) is 45.1 Å². The first-order valence-electron chi connectivity index (χ1n) is 7.42. The minimum absolute atomic E-state index is 0.703. The quantitative estimate of drug-likeness (QED) is 0.658. The van der Waals surface area contributed by atoms with Crippen LogP contribution in [-0.4, -0.2) is 43.9 Å². The van der Waals surface area contributed by atoms with Crippen molar-refractivity contribution in [1.29, 1.82) is 0 Å². The van der Waals surface area contributed by atoms with Crippen molar-refractivity contribution in [2.75, 3.05) is 33.0 Å². The van der Waals surface area contributed by atoms with Gasteiger partial charge < -0.3 is 10.1 Å². The van der Waals surface area contributed by atoms with Gasteiger partial charge in [0.25, 0.3) is 0 Å². The SMILES string of the molecule is CCCNCC1CCCCN1COCC1CC1. The van der Waals surface area contributed by atoms with Gasteiger partial charge in [-0.25, -0.2) is 0 Å². The number of ether oxygens (including phenoxy) is 1. The van der Waals surface area contributed by atoms with Gasteiger partial charge in [0.05, 0.1) is 13.3 Å². The number of piperidine rings is 1. The molecule has 2 aliphatic rings. The monoisotopic (exact) mass is 240 g/mol. The van der Waals surface area contributed by atoms with Gasteiger partial charge in [-0.15, -0.1) is 0 Å². The molecular formula is C14H28N2O. The summed E-state index contributed by atoms with van der Waals surface area (Å²) in [5.41, 5.74) is 0. The van der Waals surface area contributed by atoms with Crippen molar-refractivity contribution < 1.29 is 4.74 Å². The molecular weight excluding hydrogens is 212 g/mol. The minimum Gasteiger partial charge on any atom is -0.366 e. The second-order valence-corrected chi connectivity index (χ2v) is 5.61. The van der Waals surface area contributed by atoms with Crippen LogP contribution in [0, 0.1) is 5.92 Å². The molecule has 1 saturated carbocycles. The van der Waals surface area contributed by atoms with Crippen LogP contribution in [0.5, 0.6) is 0 Å².